The number of carbonyl (C=O) groups excluding carboxylic acids is 1. The number of halogens is 2. The van der Waals surface area contributed by atoms with E-state index >= 15 is 0 Å². The van der Waals surface area contributed by atoms with Crippen molar-refractivity contribution in [1.82, 2.24) is 4.31 Å². The maximum Gasteiger partial charge on any atom is 0.341 e. The van der Waals surface area contributed by atoms with Crippen LogP contribution in [0.5, 0.6) is 0 Å². The average molecular weight is 345 g/mol. The lowest BCUT2D eigenvalue weighted by molar-refractivity contribution is 0.0435. The summed E-state index contributed by atoms with van der Waals surface area (Å²) in [7, 11) is -1.05. The monoisotopic (exact) mass is 345 g/mol. The number of ether oxygens (including phenoxy) is 1. The van der Waals surface area contributed by atoms with Gasteiger partial charge in [-0.25, -0.2) is 26.3 Å². The second-order valence-corrected chi connectivity index (χ2v) is 6.79. The highest BCUT2D eigenvalue weighted by Gasteiger charge is 2.22. The molecule has 1 aromatic carbocycles. The van der Waals surface area contributed by atoms with Crippen LogP contribution in [0.25, 0.3) is 0 Å². The van der Waals surface area contributed by atoms with Gasteiger partial charge in [0.2, 0.25) is 5.09 Å². The highest BCUT2D eigenvalue weighted by molar-refractivity contribution is 7.88. The van der Waals surface area contributed by atoms with Gasteiger partial charge in [0.1, 0.15) is 24.0 Å². The predicted octanol–water partition coefficient (Wildman–Crippen LogP) is 2.17. The molecule has 0 saturated heterocycles. The van der Waals surface area contributed by atoms with E-state index in [1.54, 1.807) is 0 Å². The quantitative estimate of drug-likeness (QED) is 0.776. The average Bonchev–Trinajstić information content (AvgIpc) is 2.94. The Kier molecular flexibility index (Phi) is 4.81. The first kappa shape index (κ1) is 17.1. The molecule has 1 aromatic heterocycles. The molecule has 2 rings (SSSR count). The van der Waals surface area contributed by atoms with Gasteiger partial charge in [0.25, 0.3) is 10.0 Å². The minimum Gasteiger partial charge on any atom is -0.454 e. The first-order valence-electron chi connectivity index (χ1n) is 6.35. The zero-order valence-corrected chi connectivity index (χ0v) is 13.1. The number of carbonyl (C=O) groups is 1. The molecule has 0 fully saturated rings. The molecule has 0 aliphatic carbocycles. The van der Waals surface area contributed by atoms with Crippen LogP contribution in [-0.2, 0) is 21.4 Å². The van der Waals surface area contributed by atoms with Crippen LogP contribution in [0.4, 0.5) is 8.78 Å². The Hall–Kier alpha value is -2.26. The molecule has 23 heavy (non-hydrogen) atoms. The number of furan rings is 1. The predicted molar refractivity (Wildman–Crippen MR) is 75.1 cm³/mol. The summed E-state index contributed by atoms with van der Waals surface area (Å²) in [6.07, 6.45) is 0. The molecule has 0 radical (unpaired) electrons. The van der Waals surface area contributed by atoms with E-state index in [0.717, 1.165) is 16.4 Å². The van der Waals surface area contributed by atoms with Crippen LogP contribution in [0.15, 0.2) is 39.8 Å². The lowest BCUT2D eigenvalue weighted by atomic mass is 10.2. The summed E-state index contributed by atoms with van der Waals surface area (Å²) < 4.78 is 60.7. The summed E-state index contributed by atoms with van der Waals surface area (Å²) >= 11 is 0. The zero-order chi connectivity index (χ0) is 17.2. The van der Waals surface area contributed by atoms with Gasteiger partial charge in [-0.1, -0.05) is 0 Å². The van der Waals surface area contributed by atoms with Crippen LogP contribution in [0, 0.1) is 11.6 Å². The van der Waals surface area contributed by atoms with Gasteiger partial charge in [0.05, 0.1) is 5.56 Å². The smallest absolute Gasteiger partial charge is 0.341 e. The Morgan fingerprint density at radius 1 is 1.22 bits per heavy atom. The molecular weight excluding hydrogens is 332 g/mol. The van der Waals surface area contributed by atoms with Crippen molar-refractivity contribution in [2.45, 2.75) is 11.7 Å². The van der Waals surface area contributed by atoms with Gasteiger partial charge in [-0.05, 0) is 24.3 Å². The highest BCUT2D eigenvalue weighted by Crippen LogP contribution is 2.18. The molecule has 9 heteroatoms. The molecule has 124 valence electrons. The van der Waals surface area contributed by atoms with Gasteiger partial charge in [-0.3, -0.25) is 0 Å². The third-order valence-corrected chi connectivity index (χ3v) is 4.56. The van der Waals surface area contributed by atoms with Gasteiger partial charge in [0.15, 0.2) is 0 Å². The maximum absolute atomic E-state index is 13.4. The molecule has 2 aromatic rings. The molecule has 1 heterocycles. The fraction of sp³-hybridized carbons (Fsp3) is 0.214. The van der Waals surface area contributed by atoms with Crippen LogP contribution in [0.3, 0.4) is 0 Å². The highest BCUT2D eigenvalue weighted by atomic mass is 32.2. The van der Waals surface area contributed by atoms with E-state index in [9.17, 15) is 22.0 Å². The van der Waals surface area contributed by atoms with Crippen molar-refractivity contribution in [1.29, 1.82) is 0 Å². The van der Waals surface area contributed by atoms with Crippen LogP contribution in [0.1, 0.15) is 16.1 Å². The van der Waals surface area contributed by atoms with Crippen LogP contribution in [0.2, 0.25) is 0 Å². The Morgan fingerprint density at radius 3 is 2.52 bits per heavy atom. The number of benzene rings is 1. The summed E-state index contributed by atoms with van der Waals surface area (Å²) in [4.78, 5) is 11.7. The van der Waals surface area contributed by atoms with Crippen molar-refractivity contribution in [3.05, 3.63) is 53.3 Å². The van der Waals surface area contributed by atoms with Crippen LogP contribution >= 0.6 is 0 Å². The third kappa shape index (κ3) is 3.74. The van der Waals surface area contributed by atoms with Gasteiger partial charge in [-0.2, -0.15) is 0 Å². The summed E-state index contributed by atoms with van der Waals surface area (Å²) in [5, 5.41) is -0.304. The van der Waals surface area contributed by atoms with E-state index in [-0.39, 0.29) is 10.9 Å². The van der Waals surface area contributed by atoms with Gasteiger partial charge >= 0.3 is 5.97 Å². The summed E-state index contributed by atoms with van der Waals surface area (Å²) in [6, 6.07) is 4.98. The van der Waals surface area contributed by atoms with E-state index in [1.807, 2.05) is 0 Å². The molecule has 6 nitrogen and oxygen atoms in total. The van der Waals surface area contributed by atoms with E-state index in [0.29, 0.717) is 6.07 Å². The van der Waals surface area contributed by atoms with Crippen molar-refractivity contribution in [3.8, 4) is 0 Å². The Labute approximate surface area is 131 Å². The van der Waals surface area contributed by atoms with Crippen LogP contribution in [-0.4, -0.2) is 32.8 Å². The minimum absolute atomic E-state index is 0.0706. The second-order valence-electron chi connectivity index (χ2n) is 4.71. The van der Waals surface area contributed by atoms with Gasteiger partial charge in [0, 0.05) is 20.2 Å². The van der Waals surface area contributed by atoms with Gasteiger partial charge < -0.3 is 9.15 Å². The first-order chi connectivity index (χ1) is 10.7. The van der Waals surface area contributed by atoms with Crippen molar-refractivity contribution in [2.24, 2.45) is 0 Å². The van der Waals surface area contributed by atoms with Gasteiger partial charge in [-0.15, -0.1) is 0 Å². The summed E-state index contributed by atoms with van der Waals surface area (Å²) in [6.45, 7) is -0.390. The van der Waals surface area contributed by atoms with E-state index in [4.69, 9.17) is 9.15 Å². The molecule has 0 N–H and O–H groups in total. The molecule has 0 spiro atoms. The molecule has 0 aliphatic heterocycles. The van der Waals surface area contributed by atoms with Crippen molar-refractivity contribution in [3.63, 3.8) is 0 Å². The lowest BCUT2D eigenvalue weighted by Gasteiger charge is -2.08. The van der Waals surface area contributed by atoms with E-state index in [2.05, 4.69) is 0 Å². The largest absolute Gasteiger partial charge is 0.454 e. The summed E-state index contributed by atoms with van der Waals surface area (Å²) in [5.74, 6) is -2.81. The van der Waals surface area contributed by atoms with Crippen molar-refractivity contribution >= 4 is 16.0 Å². The Bertz CT molecular complexity index is 829. The topological polar surface area (TPSA) is 76.8 Å². The number of sulfonamides is 1. The maximum atomic E-state index is 13.4. The van der Waals surface area contributed by atoms with E-state index in [1.165, 1.54) is 26.2 Å². The minimum atomic E-state index is -3.73. The Morgan fingerprint density at radius 2 is 1.91 bits per heavy atom. The number of esters is 1. The number of nitrogens with zero attached hydrogens (tertiary/aromatic N) is 1. The Balaban J connectivity index is 2.07. The lowest BCUT2D eigenvalue weighted by Crippen LogP contribution is -2.21. The SMILES string of the molecule is CN(C)S(=O)(=O)c1ccc(COC(=O)c2ccc(F)cc2F)o1. The molecule has 0 amide bonds. The fourth-order valence-corrected chi connectivity index (χ4v) is 2.44. The standard InChI is InChI=1S/C14H13F2NO5S/c1-17(2)23(19,20)13-6-4-10(22-13)8-21-14(18)11-5-3-9(15)7-12(11)16/h3-7H,8H2,1-2H3. The molecule has 0 unspecified atom stereocenters. The second kappa shape index (κ2) is 6.47. The fourth-order valence-electron chi connectivity index (χ4n) is 1.62. The summed E-state index contributed by atoms with van der Waals surface area (Å²) in [5.41, 5.74) is -0.431. The number of hydrogen-bond donors (Lipinski definition) is 0. The molecule has 0 atom stereocenters. The van der Waals surface area contributed by atoms with Crippen LogP contribution < -0.4 is 0 Å². The zero-order valence-electron chi connectivity index (χ0n) is 12.2. The first-order valence-corrected chi connectivity index (χ1v) is 7.79. The normalized spacial score (nSPS) is 11.7. The molecule has 0 aliphatic rings. The third-order valence-electron chi connectivity index (χ3n) is 2.87. The molecular formula is C14H13F2NO5S. The number of hydrogen-bond acceptors (Lipinski definition) is 5. The van der Waals surface area contributed by atoms with Crippen molar-refractivity contribution < 1.29 is 31.1 Å². The van der Waals surface area contributed by atoms with E-state index < -0.39 is 39.8 Å². The number of rotatable bonds is 5. The molecule has 0 bridgehead atoms. The molecule has 0 saturated carbocycles. The van der Waals surface area contributed by atoms with Crippen molar-refractivity contribution in [2.75, 3.05) is 14.1 Å².